The summed E-state index contributed by atoms with van der Waals surface area (Å²) >= 11 is 0. The lowest BCUT2D eigenvalue weighted by atomic mass is 9.95. The molecular weight excluding hydrogens is 324 g/mol. The number of hydrogen-bond donors (Lipinski definition) is 1. The highest BCUT2D eigenvalue weighted by Crippen LogP contribution is 2.21. The molecule has 0 aromatic carbocycles. The quantitative estimate of drug-likeness (QED) is 0.908. The Kier molecular flexibility index (Phi) is 4.87. The number of hydrogen-bond acceptors (Lipinski definition) is 6. The van der Waals surface area contributed by atoms with Crippen LogP contribution in [0.1, 0.15) is 35.6 Å². The summed E-state index contributed by atoms with van der Waals surface area (Å²) in [6.07, 6.45) is 1.56. The van der Waals surface area contributed by atoms with Crippen molar-refractivity contribution in [2.75, 3.05) is 18.4 Å². The molecule has 0 bridgehead atoms. The number of carbonyl (C=O) groups is 2. The maximum atomic E-state index is 12.5. The van der Waals surface area contributed by atoms with Gasteiger partial charge in [0.25, 0.3) is 0 Å². The molecule has 134 valence electrons. The molecule has 3 rings (SSSR count). The number of anilines is 1. The van der Waals surface area contributed by atoms with E-state index in [4.69, 9.17) is 9.05 Å². The van der Waals surface area contributed by atoms with Crippen molar-refractivity contribution in [3.63, 3.8) is 0 Å². The van der Waals surface area contributed by atoms with E-state index in [9.17, 15) is 9.59 Å². The van der Waals surface area contributed by atoms with Crippen LogP contribution in [0.25, 0.3) is 0 Å². The Hall–Kier alpha value is -2.64. The fourth-order valence-electron chi connectivity index (χ4n) is 3.06. The van der Waals surface area contributed by atoms with Crippen molar-refractivity contribution in [2.24, 2.45) is 5.92 Å². The number of aryl methyl sites for hydroxylation is 3. The molecule has 2 amide bonds. The summed E-state index contributed by atoms with van der Waals surface area (Å²) in [5.41, 5.74) is 1.61. The second-order valence-corrected chi connectivity index (χ2v) is 6.45. The predicted molar refractivity (Wildman–Crippen MR) is 88.9 cm³/mol. The van der Waals surface area contributed by atoms with Crippen LogP contribution in [-0.4, -0.2) is 40.1 Å². The van der Waals surface area contributed by atoms with Gasteiger partial charge in [0.05, 0.1) is 12.1 Å². The van der Waals surface area contributed by atoms with Crippen molar-refractivity contribution in [2.45, 2.75) is 40.0 Å². The van der Waals surface area contributed by atoms with Crippen LogP contribution in [0.3, 0.4) is 0 Å². The molecule has 1 N–H and O–H groups in total. The van der Waals surface area contributed by atoms with Crippen LogP contribution in [0, 0.1) is 26.7 Å². The van der Waals surface area contributed by atoms with Crippen molar-refractivity contribution in [1.29, 1.82) is 0 Å². The minimum Gasteiger partial charge on any atom is -0.361 e. The van der Waals surface area contributed by atoms with Gasteiger partial charge in [-0.2, -0.15) is 0 Å². The molecule has 8 heteroatoms. The third kappa shape index (κ3) is 3.89. The van der Waals surface area contributed by atoms with Crippen molar-refractivity contribution < 1.29 is 18.6 Å². The van der Waals surface area contributed by atoms with Crippen LogP contribution in [-0.2, 0) is 16.0 Å². The van der Waals surface area contributed by atoms with Crippen molar-refractivity contribution in [3.05, 3.63) is 28.8 Å². The fraction of sp³-hybridized carbons (Fsp3) is 0.529. The summed E-state index contributed by atoms with van der Waals surface area (Å²) in [4.78, 5) is 26.6. The Morgan fingerprint density at radius 3 is 2.48 bits per heavy atom. The van der Waals surface area contributed by atoms with Crippen LogP contribution >= 0.6 is 0 Å². The highest BCUT2D eigenvalue weighted by Gasteiger charge is 2.28. The average Bonchev–Trinajstić information content (AvgIpc) is 3.14. The smallest absolute Gasteiger partial charge is 0.228 e. The molecule has 0 aliphatic carbocycles. The largest absolute Gasteiger partial charge is 0.361 e. The number of amides is 2. The lowest BCUT2D eigenvalue weighted by molar-refractivity contribution is -0.133. The van der Waals surface area contributed by atoms with Crippen molar-refractivity contribution in [3.8, 4) is 0 Å². The Bertz CT molecular complexity index is 752. The molecule has 3 heterocycles. The lowest BCUT2D eigenvalue weighted by Gasteiger charge is -2.31. The second kappa shape index (κ2) is 7.08. The van der Waals surface area contributed by atoms with E-state index < -0.39 is 0 Å². The minimum absolute atomic E-state index is 0.0420. The maximum absolute atomic E-state index is 12.5. The third-order valence-electron chi connectivity index (χ3n) is 4.61. The molecule has 1 saturated heterocycles. The zero-order chi connectivity index (χ0) is 18.0. The standard InChI is InChI=1S/C17H22N4O4/c1-10-8-15(20-24-10)18-17(23)13-4-6-21(7-5-13)16(22)9-14-11(2)19-25-12(14)3/h8,13H,4-7,9H2,1-3H3,(H,18,20,23). The molecule has 0 saturated carbocycles. The molecule has 0 radical (unpaired) electrons. The SMILES string of the molecule is Cc1cc(NC(=O)C2CCN(C(=O)Cc3c(C)noc3C)CC2)no1. The van der Waals surface area contributed by atoms with E-state index in [0.29, 0.717) is 43.3 Å². The number of likely N-dealkylation sites (tertiary alicyclic amines) is 1. The summed E-state index contributed by atoms with van der Waals surface area (Å²) in [7, 11) is 0. The van der Waals surface area contributed by atoms with Crippen LogP contribution in [0.2, 0.25) is 0 Å². The van der Waals surface area contributed by atoms with Gasteiger partial charge in [0.15, 0.2) is 5.82 Å². The van der Waals surface area contributed by atoms with Gasteiger partial charge in [0, 0.05) is 30.6 Å². The van der Waals surface area contributed by atoms with E-state index >= 15 is 0 Å². The molecule has 0 unspecified atom stereocenters. The number of nitrogens with zero attached hydrogens (tertiary/aromatic N) is 3. The van der Waals surface area contributed by atoms with E-state index in [1.165, 1.54) is 0 Å². The average molecular weight is 346 g/mol. The number of nitrogens with one attached hydrogen (secondary N) is 1. The molecule has 2 aromatic heterocycles. The molecule has 1 fully saturated rings. The topological polar surface area (TPSA) is 101 Å². The zero-order valence-corrected chi connectivity index (χ0v) is 14.7. The van der Waals surface area contributed by atoms with Gasteiger partial charge in [-0.25, -0.2) is 0 Å². The molecule has 2 aromatic rings. The summed E-state index contributed by atoms with van der Waals surface area (Å²) in [5.74, 6) is 1.60. The number of aromatic nitrogens is 2. The van der Waals surface area contributed by atoms with Crippen molar-refractivity contribution >= 4 is 17.6 Å². The Labute approximate surface area is 145 Å². The van der Waals surface area contributed by atoms with Gasteiger partial charge in [0.1, 0.15) is 11.5 Å². The Morgan fingerprint density at radius 1 is 1.20 bits per heavy atom. The van der Waals surface area contributed by atoms with Crippen LogP contribution in [0.4, 0.5) is 5.82 Å². The molecular formula is C17H22N4O4. The summed E-state index contributed by atoms with van der Waals surface area (Å²) in [6, 6.07) is 1.68. The first-order chi connectivity index (χ1) is 11.9. The summed E-state index contributed by atoms with van der Waals surface area (Å²) in [6.45, 7) is 6.55. The first-order valence-electron chi connectivity index (χ1n) is 8.37. The van der Waals surface area contributed by atoms with Crippen LogP contribution < -0.4 is 5.32 Å². The van der Waals surface area contributed by atoms with E-state index in [1.807, 2.05) is 13.8 Å². The molecule has 1 aliphatic heterocycles. The van der Waals surface area contributed by atoms with Gasteiger partial charge in [-0.3, -0.25) is 9.59 Å². The number of carbonyl (C=O) groups excluding carboxylic acids is 2. The van der Waals surface area contributed by atoms with Gasteiger partial charge in [0.2, 0.25) is 11.8 Å². The number of rotatable bonds is 4. The molecule has 0 spiro atoms. The van der Waals surface area contributed by atoms with Gasteiger partial charge in [-0.05, 0) is 33.6 Å². The third-order valence-corrected chi connectivity index (χ3v) is 4.61. The molecule has 0 atom stereocenters. The Balaban J connectivity index is 1.51. The van der Waals surface area contributed by atoms with E-state index in [-0.39, 0.29) is 24.2 Å². The zero-order valence-electron chi connectivity index (χ0n) is 14.7. The van der Waals surface area contributed by atoms with Crippen LogP contribution in [0.15, 0.2) is 15.1 Å². The lowest BCUT2D eigenvalue weighted by Crippen LogP contribution is -2.42. The summed E-state index contributed by atoms with van der Waals surface area (Å²) < 4.78 is 10.0. The molecule has 25 heavy (non-hydrogen) atoms. The maximum Gasteiger partial charge on any atom is 0.228 e. The molecule has 8 nitrogen and oxygen atoms in total. The first-order valence-corrected chi connectivity index (χ1v) is 8.37. The normalized spacial score (nSPS) is 15.4. The fourth-order valence-corrected chi connectivity index (χ4v) is 3.06. The van der Waals surface area contributed by atoms with Gasteiger partial charge < -0.3 is 19.3 Å². The van der Waals surface area contributed by atoms with Gasteiger partial charge in [-0.15, -0.1) is 0 Å². The van der Waals surface area contributed by atoms with Crippen molar-refractivity contribution in [1.82, 2.24) is 15.2 Å². The highest BCUT2D eigenvalue weighted by molar-refractivity contribution is 5.91. The first kappa shape index (κ1) is 17.2. The predicted octanol–water partition coefficient (Wildman–Crippen LogP) is 2.01. The van der Waals surface area contributed by atoms with E-state index in [0.717, 1.165) is 11.3 Å². The highest BCUT2D eigenvalue weighted by atomic mass is 16.5. The molecule has 1 aliphatic rings. The second-order valence-electron chi connectivity index (χ2n) is 6.45. The van der Waals surface area contributed by atoms with Gasteiger partial charge >= 0.3 is 0 Å². The number of piperidine rings is 1. The van der Waals surface area contributed by atoms with E-state index in [1.54, 1.807) is 17.9 Å². The summed E-state index contributed by atoms with van der Waals surface area (Å²) in [5, 5.41) is 10.4. The minimum atomic E-state index is -0.125. The van der Waals surface area contributed by atoms with E-state index in [2.05, 4.69) is 15.6 Å². The van der Waals surface area contributed by atoms with Crippen LogP contribution in [0.5, 0.6) is 0 Å². The van der Waals surface area contributed by atoms with Gasteiger partial charge in [-0.1, -0.05) is 10.3 Å². The Morgan fingerprint density at radius 2 is 1.92 bits per heavy atom. The monoisotopic (exact) mass is 346 g/mol.